The Kier molecular flexibility index (Phi) is 4.63. The van der Waals surface area contributed by atoms with Gasteiger partial charge in [-0.3, -0.25) is 4.79 Å². The van der Waals surface area contributed by atoms with Gasteiger partial charge in [-0.25, -0.2) is 4.79 Å². The molecule has 1 heterocycles. The lowest BCUT2D eigenvalue weighted by atomic mass is 9.97. The highest BCUT2D eigenvalue weighted by Crippen LogP contribution is 2.22. The van der Waals surface area contributed by atoms with Crippen LogP contribution in [0.15, 0.2) is 0 Å². The van der Waals surface area contributed by atoms with Crippen LogP contribution in [0.1, 0.15) is 32.1 Å². The van der Waals surface area contributed by atoms with Gasteiger partial charge in [-0.1, -0.05) is 0 Å². The van der Waals surface area contributed by atoms with Gasteiger partial charge >= 0.3 is 12.0 Å². The molecule has 0 aromatic heterocycles. The van der Waals surface area contributed by atoms with Crippen LogP contribution in [0.25, 0.3) is 0 Å². The van der Waals surface area contributed by atoms with Gasteiger partial charge in [-0.05, 0) is 32.1 Å². The number of carboxylic acids is 1. The largest absolute Gasteiger partial charge is 0.481 e. The Balaban J connectivity index is 1.80. The van der Waals surface area contributed by atoms with E-state index in [1.807, 2.05) is 0 Å². The van der Waals surface area contributed by atoms with Crippen molar-refractivity contribution >= 4 is 12.0 Å². The number of carboxylic acid groups (broad SMARTS) is 1. The molecule has 0 radical (unpaired) electrons. The first-order chi connectivity index (χ1) is 9.11. The molecule has 19 heavy (non-hydrogen) atoms. The van der Waals surface area contributed by atoms with Gasteiger partial charge in [0, 0.05) is 20.2 Å². The molecule has 0 spiro atoms. The fourth-order valence-electron chi connectivity index (χ4n) is 2.95. The fraction of sp³-hybridized carbons (Fsp3) is 0.846. The van der Waals surface area contributed by atoms with E-state index in [-0.39, 0.29) is 24.1 Å². The number of ether oxygens (including phenoxy) is 1. The molecule has 2 rings (SSSR count). The summed E-state index contributed by atoms with van der Waals surface area (Å²) >= 11 is 0. The zero-order valence-corrected chi connectivity index (χ0v) is 11.3. The lowest BCUT2D eigenvalue weighted by molar-refractivity contribution is -0.143. The summed E-state index contributed by atoms with van der Waals surface area (Å²) in [4.78, 5) is 24.7. The second-order valence-corrected chi connectivity index (χ2v) is 5.36. The number of hydrogen-bond acceptors (Lipinski definition) is 3. The maximum absolute atomic E-state index is 12.1. The molecule has 0 bridgehead atoms. The Labute approximate surface area is 113 Å². The molecule has 1 saturated heterocycles. The van der Waals surface area contributed by atoms with Crippen LogP contribution >= 0.6 is 0 Å². The monoisotopic (exact) mass is 270 g/mol. The SMILES string of the molecule is COC1CCCC1NC(=O)N1CCC(C(=O)O)CC1. The van der Waals surface area contributed by atoms with Crippen LogP contribution in [-0.4, -0.2) is 54.4 Å². The van der Waals surface area contributed by atoms with E-state index in [0.717, 1.165) is 19.3 Å². The van der Waals surface area contributed by atoms with Gasteiger partial charge in [0.05, 0.1) is 18.1 Å². The summed E-state index contributed by atoms with van der Waals surface area (Å²) in [6.07, 6.45) is 4.21. The van der Waals surface area contributed by atoms with Crippen LogP contribution in [0.4, 0.5) is 4.79 Å². The highest BCUT2D eigenvalue weighted by atomic mass is 16.5. The lowest BCUT2D eigenvalue weighted by Crippen LogP contribution is -2.50. The number of aliphatic carboxylic acids is 1. The molecule has 2 aliphatic rings. The molecule has 2 amide bonds. The van der Waals surface area contributed by atoms with Crippen LogP contribution in [0, 0.1) is 5.92 Å². The van der Waals surface area contributed by atoms with Crippen molar-refractivity contribution in [3.05, 3.63) is 0 Å². The minimum atomic E-state index is -0.754. The van der Waals surface area contributed by atoms with E-state index in [1.165, 1.54) is 0 Å². The molecular weight excluding hydrogens is 248 g/mol. The van der Waals surface area contributed by atoms with Crippen molar-refractivity contribution in [2.75, 3.05) is 20.2 Å². The van der Waals surface area contributed by atoms with Gasteiger partial charge in [0.25, 0.3) is 0 Å². The van der Waals surface area contributed by atoms with Gasteiger partial charge in [0.1, 0.15) is 0 Å². The predicted molar refractivity (Wildman–Crippen MR) is 68.9 cm³/mol. The van der Waals surface area contributed by atoms with Crippen LogP contribution in [-0.2, 0) is 9.53 Å². The van der Waals surface area contributed by atoms with E-state index in [1.54, 1.807) is 12.0 Å². The molecule has 2 N–H and O–H groups in total. The van der Waals surface area contributed by atoms with E-state index < -0.39 is 5.97 Å². The smallest absolute Gasteiger partial charge is 0.317 e. The number of methoxy groups -OCH3 is 1. The number of amides is 2. The van der Waals surface area contributed by atoms with E-state index in [9.17, 15) is 9.59 Å². The third kappa shape index (κ3) is 3.37. The quantitative estimate of drug-likeness (QED) is 0.803. The molecule has 108 valence electrons. The number of carbonyl (C=O) groups excluding carboxylic acids is 1. The normalized spacial score (nSPS) is 28.4. The molecule has 0 aromatic carbocycles. The summed E-state index contributed by atoms with van der Waals surface area (Å²) in [6.45, 7) is 1.04. The minimum absolute atomic E-state index is 0.0854. The van der Waals surface area contributed by atoms with Crippen molar-refractivity contribution < 1.29 is 19.4 Å². The van der Waals surface area contributed by atoms with Crippen LogP contribution in [0.5, 0.6) is 0 Å². The Morgan fingerprint density at radius 1 is 1.21 bits per heavy atom. The third-order valence-electron chi connectivity index (χ3n) is 4.20. The maximum atomic E-state index is 12.1. The maximum Gasteiger partial charge on any atom is 0.317 e. The van der Waals surface area contributed by atoms with E-state index in [4.69, 9.17) is 9.84 Å². The Hall–Kier alpha value is -1.30. The topological polar surface area (TPSA) is 78.9 Å². The van der Waals surface area contributed by atoms with Crippen LogP contribution < -0.4 is 5.32 Å². The summed E-state index contributed by atoms with van der Waals surface area (Å²) in [7, 11) is 1.67. The predicted octanol–water partition coefficient (Wildman–Crippen LogP) is 1.06. The second-order valence-electron chi connectivity index (χ2n) is 5.36. The number of rotatable bonds is 3. The van der Waals surface area contributed by atoms with Crippen LogP contribution in [0.2, 0.25) is 0 Å². The molecule has 0 aromatic rings. The van der Waals surface area contributed by atoms with Crippen molar-refractivity contribution in [3.8, 4) is 0 Å². The number of nitrogens with one attached hydrogen (secondary N) is 1. The number of carbonyl (C=O) groups is 2. The molecule has 2 unspecified atom stereocenters. The summed E-state index contributed by atoms with van der Waals surface area (Å²) in [5.74, 6) is -1.06. The summed E-state index contributed by atoms with van der Waals surface area (Å²) < 4.78 is 5.35. The highest BCUT2D eigenvalue weighted by Gasteiger charge is 2.32. The third-order valence-corrected chi connectivity index (χ3v) is 4.20. The molecular formula is C13H22N2O4. The van der Waals surface area contributed by atoms with E-state index >= 15 is 0 Å². The summed E-state index contributed by atoms with van der Waals surface area (Å²) in [5.41, 5.74) is 0. The first-order valence-electron chi connectivity index (χ1n) is 6.93. The van der Waals surface area contributed by atoms with E-state index in [0.29, 0.717) is 25.9 Å². The first-order valence-corrected chi connectivity index (χ1v) is 6.93. The van der Waals surface area contributed by atoms with Crippen molar-refractivity contribution in [1.29, 1.82) is 0 Å². The van der Waals surface area contributed by atoms with Gasteiger partial charge < -0.3 is 20.1 Å². The van der Waals surface area contributed by atoms with Crippen molar-refractivity contribution in [3.63, 3.8) is 0 Å². The molecule has 6 heteroatoms. The number of nitrogens with zero attached hydrogens (tertiary/aromatic N) is 1. The Morgan fingerprint density at radius 2 is 1.89 bits per heavy atom. The standard InChI is InChI=1S/C13H22N2O4/c1-19-11-4-2-3-10(11)14-13(18)15-7-5-9(6-8-15)12(16)17/h9-11H,2-8H2,1H3,(H,14,18)(H,16,17). The molecule has 1 aliphatic heterocycles. The number of urea groups is 1. The first kappa shape index (κ1) is 14.1. The zero-order valence-electron chi connectivity index (χ0n) is 11.3. The average molecular weight is 270 g/mol. The minimum Gasteiger partial charge on any atom is -0.481 e. The van der Waals surface area contributed by atoms with Crippen LogP contribution in [0.3, 0.4) is 0 Å². The van der Waals surface area contributed by atoms with E-state index in [2.05, 4.69) is 5.32 Å². The second kappa shape index (κ2) is 6.23. The van der Waals surface area contributed by atoms with Gasteiger partial charge in [0.15, 0.2) is 0 Å². The lowest BCUT2D eigenvalue weighted by Gasteiger charge is -2.32. The van der Waals surface area contributed by atoms with Gasteiger partial charge in [0.2, 0.25) is 0 Å². The molecule has 2 fully saturated rings. The highest BCUT2D eigenvalue weighted by molar-refractivity contribution is 5.75. The summed E-state index contributed by atoms with van der Waals surface area (Å²) in [6, 6.07) is 0.00693. The Bertz CT molecular complexity index is 340. The molecule has 1 aliphatic carbocycles. The van der Waals surface area contributed by atoms with Crippen molar-refractivity contribution in [1.82, 2.24) is 10.2 Å². The number of piperidine rings is 1. The fourth-order valence-corrected chi connectivity index (χ4v) is 2.95. The Morgan fingerprint density at radius 3 is 2.47 bits per heavy atom. The average Bonchev–Trinajstić information content (AvgIpc) is 2.86. The van der Waals surface area contributed by atoms with Gasteiger partial charge in [-0.2, -0.15) is 0 Å². The number of hydrogen-bond donors (Lipinski definition) is 2. The molecule has 2 atom stereocenters. The number of likely N-dealkylation sites (tertiary alicyclic amines) is 1. The summed E-state index contributed by atoms with van der Waals surface area (Å²) in [5, 5.41) is 11.9. The van der Waals surface area contributed by atoms with Crippen molar-refractivity contribution in [2.24, 2.45) is 5.92 Å². The van der Waals surface area contributed by atoms with Gasteiger partial charge in [-0.15, -0.1) is 0 Å². The zero-order chi connectivity index (χ0) is 13.8. The molecule has 6 nitrogen and oxygen atoms in total. The molecule has 1 saturated carbocycles. The van der Waals surface area contributed by atoms with Crippen molar-refractivity contribution in [2.45, 2.75) is 44.2 Å².